The van der Waals surface area contributed by atoms with Gasteiger partial charge < -0.3 is 10.1 Å². The number of hydrogen-bond acceptors (Lipinski definition) is 3. The van der Waals surface area contributed by atoms with Gasteiger partial charge in [-0.3, -0.25) is 9.48 Å². The zero-order chi connectivity index (χ0) is 16.8. The Morgan fingerprint density at radius 3 is 2.57 bits per heavy atom. The number of rotatable bonds is 7. The van der Waals surface area contributed by atoms with Gasteiger partial charge in [0.15, 0.2) is 0 Å². The topological polar surface area (TPSA) is 56.1 Å². The fourth-order valence-corrected chi connectivity index (χ4v) is 2.40. The molecule has 5 heteroatoms. The summed E-state index contributed by atoms with van der Waals surface area (Å²) >= 11 is 0. The number of ether oxygens (including phenoxy) is 1. The molecule has 0 aliphatic heterocycles. The first kappa shape index (κ1) is 17.1. The molecule has 5 nitrogen and oxygen atoms in total. The number of aromatic nitrogens is 2. The van der Waals surface area contributed by atoms with E-state index in [4.69, 9.17) is 4.74 Å². The summed E-state index contributed by atoms with van der Waals surface area (Å²) in [5.41, 5.74) is 2.62. The molecule has 23 heavy (non-hydrogen) atoms. The van der Waals surface area contributed by atoms with Gasteiger partial charge in [-0.05, 0) is 51.5 Å². The van der Waals surface area contributed by atoms with E-state index in [1.807, 2.05) is 43.8 Å². The highest BCUT2D eigenvalue weighted by Crippen LogP contribution is 2.18. The molecule has 0 unspecified atom stereocenters. The maximum atomic E-state index is 12.4. The minimum absolute atomic E-state index is 0.0844. The Morgan fingerprint density at radius 1 is 1.30 bits per heavy atom. The van der Waals surface area contributed by atoms with Gasteiger partial charge in [-0.1, -0.05) is 6.92 Å². The minimum Gasteiger partial charge on any atom is -0.494 e. The average molecular weight is 315 g/mol. The van der Waals surface area contributed by atoms with Gasteiger partial charge in [0, 0.05) is 23.9 Å². The van der Waals surface area contributed by atoms with Gasteiger partial charge in [0.2, 0.25) is 0 Å². The summed E-state index contributed by atoms with van der Waals surface area (Å²) in [5, 5.41) is 7.44. The molecule has 0 radical (unpaired) electrons. The Bertz CT molecular complexity index is 647. The van der Waals surface area contributed by atoms with E-state index in [2.05, 4.69) is 17.3 Å². The summed E-state index contributed by atoms with van der Waals surface area (Å²) < 4.78 is 7.41. The first-order valence-electron chi connectivity index (χ1n) is 8.12. The average Bonchev–Trinajstić information content (AvgIpc) is 2.94. The zero-order valence-corrected chi connectivity index (χ0v) is 14.3. The lowest BCUT2D eigenvalue weighted by Crippen LogP contribution is -2.26. The number of aryl methyl sites for hydroxylation is 2. The predicted octanol–water partition coefficient (Wildman–Crippen LogP) is 3.49. The third-order valence-corrected chi connectivity index (χ3v) is 3.71. The van der Waals surface area contributed by atoms with E-state index in [1.54, 1.807) is 12.1 Å². The third-order valence-electron chi connectivity index (χ3n) is 3.71. The molecule has 0 saturated heterocycles. The molecule has 1 aromatic heterocycles. The summed E-state index contributed by atoms with van der Waals surface area (Å²) in [6.07, 6.45) is 2.95. The highest BCUT2D eigenvalue weighted by atomic mass is 16.5. The van der Waals surface area contributed by atoms with Crippen LogP contribution in [-0.4, -0.2) is 22.3 Å². The van der Waals surface area contributed by atoms with Crippen LogP contribution in [0.25, 0.3) is 0 Å². The van der Waals surface area contributed by atoms with Gasteiger partial charge in [-0.25, -0.2) is 0 Å². The van der Waals surface area contributed by atoms with Gasteiger partial charge in [0.05, 0.1) is 18.3 Å². The minimum atomic E-state index is -0.0943. The molecule has 0 spiro atoms. The highest BCUT2D eigenvalue weighted by molar-refractivity contribution is 5.94. The van der Waals surface area contributed by atoms with Crippen LogP contribution in [-0.2, 0) is 6.54 Å². The summed E-state index contributed by atoms with van der Waals surface area (Å²) in [6, 6.07) is 7.15. The first-order valence-corrected chi connectivity index (χ1v) is 8.12. The standard InChI is InChI=1S/C18H25N3O2/c1-5-11-23-16-9-7-15(8-10-16)18(22)19-13(3)17-12-21(6-2)20-14(17)4/h7-10,12-13H,5-6,11H2,1-4H3,(H,19,22)/t13-/m1/s1. The number of amides is 1. The van der Waals surface area contributed by atoms with Crippen molar-refractivity contribution in [3.63, 3.8) is 0 Å². The molecule has 0 aliphatic rings. The molecular weight excluding hydrogens is 290 g/mol. The van der Waals surface area contributed by atoms with E-state index in [0.717, 1.165) is 30.0 Å². The third kappa shape index (κ3) is 4.34. The lowest BCUT2D eigenvalue weighted by Gasteiger charge is -2.13. The molecule has 0 aliphatic carbocycles. The lowest BCUT2D eigenvalue weighted by atomic mass is 10.1. The van der Waals surface area contributed by atoms with Crippen molar-refractivity contribution in [2.75, 3.05) is 6.61 Å². The summed E-state index contributed by atoms with van der Waals surface area (Å²) in [4.78, 5) is 12.4. The second-order valence-electron chi connectivity index (χ2n) is 5.59. The molecular formula is C18H25N3O2. The van der Waals surface area contributed by atoms with E-state index < -0.39 is 0 Å². The summed E-state index contributed by atoms with van der Waals surface area (Å²) in [7, 11) is 0. The number of nitrogens with zero attached hydrogens (tertiary/aromatic N) is 2. The van der Waals surface area contributed by atoms with E-state index in [9.17, 15) is 4.79 Å². The Kier molecular flexibility index (Phi) is 5.79. The van der Waals surface area contributed by atoms with Crippen LogP contribution in [0.4, 0.5) is 0 Å². The Morgan fingerprint density at radius 2 is 2.00 bits per heavy atom. The lowest BCUT2D eigenvalue weighted by molar-refractivity contribution is 0.0940. The molecule has 1 amide bonds. The van der Waals surface area contributed by atoms with Crippen LogP contribution >= 0.6 is 0 Å². The molecule has 0 fully saturated rings. The van der Waals surface area contributed by atoms with Crippen LogP contribution in [0.15, 0.2) is 30.5 Å². The molecule has 0 saturated carbocycles. The number of nitrogens with one attached hydrogen (secondary N) is 1. The largest absolute Gasteiger partial charge is 0.494 e. The molecule has 0 bridgehead atoms. The Hall–Kier alpha value is -2.30. The molecule has 124 valence electrons. The number of carbonyl (C=O) groups excluding carboxylic acids is 1. The van der Waals surface area contributed by atoms with Crippen LogP contribution in [0.1, 0.15) is 54.8 Å². The van der Waals surface area contributed by atoms with Crippen LogP contribution in [0.2, 0.25) is 0 Å². The fraction of sp³-hybridized carbons (Fsp3) is 0.444. The number of hydrogen-bond donors (Lipinski definition) is 1. The Labute approximate surface area is 137 Å². The maximum Gasteiger partial charge on any atom is 0.251 e. The van der Waals surface area contributed by atoms with Crippen molar-refractivity contribution in [2.24, 2.45) is 0 Å². The smallest absolute Gasteiger partial charge is 0.251 e. The van der Waals surface area contributed by atoms with Gasteiger partial charge >= 0.3 is 0 Å². The molecule has 1 heterocycles. The van der Waals surface area contributed by atoms with Crippen molar-refractivity contribution in [1.29, 1.82) is 0 Å². The van der Waals surface area contributed by atoms with Gasteiger partial charge in [-0.15, -0.1) is 0 Å². The van der Waals surface area contributed by atoms with Crippen molar-refractivity contribution < 1.29 is 9.53 Å². The molecule has 2 aromatic rings. The number of carbonyl (C=O) groups is 1. The molecule has 1 N–H and O–H groups in total. The summed E-state index contributed by atoms with van der Waals surface area (Å²) in [5.74, 6) is 0.694. The van der Waals surface area contributed by atoms with E-state index in [-0.39, 0.29) is 11.9 Å². The molecule has 1 atom stereocenters. The van der Waals surface area contributed by atoms with Crippen molar-refractivity contribution in [2.45, 2.75) is 46.7 Å². The second-order valence-corrected chi connectivity index (χ2v) is 5.59. The van der Waals surface area contributed by atoms with Crippen LogP contribution in [0.3, 0.4) is 0 Å². The molecule has 2 rings (SSSR count). The quantitative estimate of drug-likeness (QED) is 0.851. The highest BCUT2D eigenvalue weighted by Gasteiger charge is 2.15. The van der Waals surface area contributed by atoms with Crippen molar-refractivity contribution >= 4 is 5.91 Å². The number of benzene rings is 1. The van der Waals surface area contributed by atoms with Crippen LogP contribution in [0.5, 0.6) is 5.75 Å². The monoisotopic (exact) mass is 315 g/mol. The van der Waals surface area contributed by atoms with Crippen molar-refractivity contribution in [3.05, 3.63) is 47.3 Å². The van der Waals surface area contributed by atoms with E-state index >= 15 is 0 Å². The van der Waals surface area contributed by atoms with E-state index in [0.29, 0.717) is 12.2 Å². The Balaban J connectivity index is 2.01. The normalized spacial score (nSPS) is 12.0. The second kappa shape index (κ2) is 7.81. The van der Waals surface area contributed by atoms with Crippen molar-refractivity contribution in [3.8, 4) is 5.75 Å². The van der Waals surface area contributed by atoms with Crippen LogP contribution in [0, 0.1) is 6.92 Å². The van der Waals surface area contributed by atoms with Crippen molar-refractivity contribution in [1.82, 2.24) is 15.1 Å². The molecule has 1 aromatic carbocycles. The fourth-order valence-electron chi connectivity index (χ4n) is 2.40. The van der Waals surface area contributed by atoms with Gasteiger partial charge in [0.1, 0.15) is 5.75 Å². The summed E-state index contributed by atoms with van der Waals surface area (Å²) in [6.45, 7) is 9.54. The SMILES string of the molecule is CCCOc1ccc(C(=O)N[C@H](C)c2cn(CC)nc2C)cc1. The van der Waals surface area contributed by atoms with Crippen LogP contribution < -0.4 is 10.1 Å². The first-order chi connectivity index (χ1) is 11.0. The zero-order valence-electron chi connectivity index (χ0n) is 14.3. The van der Waals surface area contributed by atoms with E-state index in [1.165, 1.54) is 0 Å². The predicted molar refractivity (Wildman–Crippen MR) is 90.7 cm³/mol. The van der Waals surface area contributed by atoms with Gasteiger partial charge in [0.25, 0.3) is 5.91 Å². The maximum absolute atomic E-state index is 12.4. The van der Waals surface area contributed by atoms with Gasteiger partial charge in [-0.2, -0.15) is 5.10 Å².